The molecule has 0 spiro atoms. The molecule has 10 nitrogen and oxygen atoms in total. The number of rotatable bonds is 9. The summed E-state index contributed by atoms with van der Waals surface area (Å²) in [6.45, 7) is 13.3. The second-order valence-electron chi connectivity index (χ2n) is 13.5. The third kappa shape index (κ3) is 6.24. The number of hydrogen-bond donors (Lipinski definition) is 0. The van der Waals surface area contributed by atoms with E-state index in [4.69, 9.17) is 9.47 Å². The van der Waals surface area contributed by atoms with Crippen molar-refractivity contribution in [1.29, 1.82) is 0 Å². The van der Waals surface area contributed by atoms with Gasteiger partial charge in [0.05, 0.1) is 11.2 Å². The minimum Gasteiger partial charge on any atom is -0.487 e. The van der Waals surface area contributed by atoms with Crippen LogP contribution in [0.15, 0.2) is 79.0 Å². The van der Waals surface area contributed by atoms with Gasteiger partial charge in [-0.1, -0.05) is 73.7 Å². The lowest BCUT2D eigenvalue weighted by atomic mass is 9.78. The topological polar surface area (TPSA) is 103 Å². The molecule has 3 aromatic carbocycles. The quantitative estimate of drug-likeness (QED) is 0.163. The van der Waals surface area contributed by atoms with E-state index in [1.807, 2.05) is 73.3 Å². The van der Waals surface area contributed by atoms with Gasteiger partial charge in [-0.15, -0.1) is 5.10 Å². The van der Waals surface area contributed by atoms with Crippen LogP contribution in [0.25, 0.3) is 11.0 Å². The highest BCUT2D eigenvalue weighted by atomic mass is 16.6. The zero-order valence-electron chi connectivity index (χ0n) is 29.4. The van der Waals surface area contributed by atoms with Crippen molar-refractivity contribution in [2.75, 3.05) is 13.2 Å². The first-order valence-corrected chi connectivity index (χ1v) is 17.6. The fourth-order valence-corrected chi connectivity index (χ4v) is 7.50. The Kier molecular flexibility index (Phi) is 9.38. The number of nitrogens with zero attached hydrogens (tertiary/aromatic N) is 6. The SMILES string of the molecule is CC[C@@H]1CN(Cc2cc([C@@H](c3ccc4c(nnn4CC)c3C)[C@@H](C)C(=O)N3C(=O)OC[C@H]3c3ccccc3)ccc2C)Cc2ncccc2O1. The normalized spacial score (nSPS) is 19.1. The summed E-state index contributed by atoms with van der Waals surface area (Å²) in [6.07, 6.45) is 2.15. The molecule has 4 atom stereocenters. The van der Waals surface area contributed by atoms with Crippen LogP contribution in [0, 0.1) is 19.8 Å². The van der Waals surface area contributed by atoms with Crippen LogP contribution >= 0.6 is 0 Å². The molecule has 50 heavy (non-hydrogen) atoms. The van der Waals surface area contributed by atoms with E-state index in [0.29, 0.717) is 19.6 Å². The number of aromatic nitrogens is 4. The molecule has 1 saturated heterocycles. The summed E-state index contributed by atoms with van der Waals surface area (Å²) >= 11 is 0. The lowest BCUT2D eigenvalue weighted by Gasteiger charge is -2.31. The van der Waals surface area contributed by atoms with Crippen molar-refractivity contribution >= 4 is 23.0 Å². The lowest BCUT2D eigenvalue weighted by molar-refractivity contribution is -0.133. The summed E-state index contributed by atoms with van der Waals surface area (Å²) in [7, 11) is 0. The molecule has 0 saturated carbocycles. The number of cyclic esters (lactones) is 1. The number of amides is 2. The smallest absolute Gasteiger partial charge is 0.417 e. The average Bonchev–Trinajstić information content (AvgIpc) is 3.69. The maximum Gasteiger partial charge on any atom is 0.417 e. The van der Waals surface area contributed by atoms with Crippen LogP contribution in [0.2, 0.25) is 0 Å². The van der Waals surface area contributed by atoms with E-state index in [1.54, 1.807) is 0 Å². The molecule has 258 valence electrons. The standard InChI is InChI=1S/C40H44N6O4/c1-6-31-22-44(23-33-36(50-31)14-11-19-41-33)21-30-20-29(16-15-25(30)3)37(32-17-18-34-38(26(32)4)42-43-45(34)7-2)27(5)39(47)46-35(24-49-40(46)48)28-12-9-8-10-13-28/h8-20,27,31,35,37H,6-7,21-24H2,1-5H3/t27-,31-,35+,37+/m1/s1. The van der Waals surface area contributed by atoms with Crippen LogP contribution in [-0.2, 0) is 29.2 Å². The van der Waals surface area contributed by atoms with Crippen LogP contribution in [0.5, 0.6) is 5.75 Å². The molecule has 0 aliphatic carbocycles. The number of imide groups is 1. The Balaban J connectivity index is 1.29. The second kappa shape index (κ2) is 14.0. The van der Waals surface area contributed by atoms with Crippen LogP contribution in [0.3, 0.4) is 0 Å². The zero-order chi connectivity index (χ0) is 34.9. The first kappa shape index (κ1) is 33.4. The molecule has 0 bridgehead atoms. The van der Waals surface area contributed by atoms with Gasteiger partial charge in [0.1, 0.15) is 30.0 Å². The molecule has 2 aliphatic heterocycles. The number of benzene rings is 3. The van der Waals surface area contributed by atoms with Crippen LogP contribution < -0.4 is 4.74 Å². The molecule has 0 N–H and O–H groups in total. The monoisotopic (exact) mass is 672 g/mol. The van der Waals surface area contributed by atoms with Gasteiger partial charge in [0.15, 0.2) is 0 Å². The van der Waals surface area contributed by atoms with Crippen molar-refractivity contribution in [3.05, 3.63) is 118 Å². The van der Waals surface area contributed by atoms with Crippen LogP contribution in [-0.4, -0.2) is 61.0 Å². The van der Waals surface area contributed by atoms with Gasteiger partial charge in [-0.25, -0.2) is 14.4 Å². The molecule has 0 radical (unpaired) electrons. The summed E-state index contributed by atoms with van der Waals surface area (Å²) in [6, 6.07) is 23.7. The van der Waals surface area contributed by atoms with E-state index in [9.17, 15) is 9.59 Å². The molecule has 2 aliphatic rings. The van der Waals surface area contributed by atoms with E-state index < -0.39 is 18.1 Å². The van der Waals surface area contributed by atoms with Gasteiger partial charge in [-0.3, -0.25) is 14.7 Å². The third-order valence-electron chi connectivity index (χ3n) is 10.4. The van der Waals surface area contributed by atoms with Gasteiger partial charge in [-0.2, -0.15) is 0 Å². The van der Waals surface area contributed by atoms with Crippen molar-refractivity contribution in [2.45, 2.75) is 78.7 Å². The Morgan fingerprint density at radius 2 is 1.84 bits per heavy atom. The Labute approximate surface area is 293 Å². The first-order chi connectivity index (χ1) is 24.3. The predicted molar refractivity (Wildman–Crippen MR) is 191 cm³/mol. The van der Waals surface area contributed by atoms with Gasteiger partial charge in [-0.05, 0) is 78.8 Å². The summed E-state index contributed by atoms with van der Waals surface area (Å²) in [4.78, 5) is 36.2. The number of carbonyl (C=O) groups is 2. The summed E-state index contributed by atoms with van der Waals surface area (Å²) in [5.74, 6) is -0.406. The largest absolute Gasteiger partial charge is 0.487 e. The maximum atomic E-state index is 14.6. The molecular weight excluding hydrogens is 628 g/mol. The highest BCUT2D eigenvalue weighted by Gasteiger charge is 2.43. The van der Waals surface area contributed by atoms with E-state index >= 15 is 0 Å². The first-order valence-electron chi connectivity index (χ1n) is 17.6. The molecule has 0 unspecified atom stereocenters. The van der Waals surface area contributed by atoms with Gasteiger partial charge < -0.3 is 9.47 Å². The van der Waals surface area contributed by atoms with Gasteiger partial charge in [0.2, 0.25) is 5.91 Å². The number of hydrogen-bond acceptors (Lipinski definition) is 8. The molecule has 1 fully saturated rings. The van der Waals surface area contributed by atoms with Crippen molar-refractivity contribution in [3.8, 4) is 5.75 Å². The van der Waals surface area contributed by atoms with Gasteiger partial charge >= 0.3 is 6.09 Å². The number of pyridine rings is 1. The molecule has 10 heteroatoms. The highest BCUT2D eigenvalue weighted by molar-refractivity contribution is 5.95. The number of ether oxygens (including phenoxy) is 2. The van der Waals surface area contributed by atoms with Crippen LogP contribution in [0.4, 0.5) is 4.79 Å². The molecular formula is C40H44N6O4. The molecule has 2 aromatic heterocycles. The average molecular weight is 673 g/mol. The van der Waals surface area contributed by atoms with Crippen molar-refractivity contribution < 1.29 is 19.1 Å². The van der Waals surface area contributed by atoms with Crippen LogP contribution in [0.1, 0.15) is 78.2 Å². The Morgan fingerprint density at radius 3 is 2.62 bits per heavy atom. The molecule has 5 aromatic rings. The zero-order valence-corrected chi connectivity index (χ0v) is 29.4. The Bertz CT molecular complexity index is 2030. The maximum absolute atomic E-state index is 14.6. The van der Waals surface area contributed by atoms with E-state index in [0.717, 1.165) is 63.3 Å². The second-order valence-corrected chi connectivity index (χ2v) is 13.5. The lowest BCUT2D eigenvalue weighted by Crippen LogP contribution is -2.40. The Morgan fingerprint density at radius 1 is 1.02 bits per heavy atom. The van der Waals surface area contributed by atoms with Crippen molar-refractivity contribution in [2.24, 2.45) is 5.92 Å². The number of aryl methyl sites for hydroxylation is 3. The summed E-state index contributed by atoms with van der Waals surface area (Å²) in [5.41, 5.74) is 8.83. The third-order valence-corrected chi connectivity index (χ3v) is 10.4. The number of carbonyl (C=O) groups excluding carboxylic acids is 2. The minimum absolute atomic E-state index is 0.0537. The van der Waals surface area contributed by atoms with Crippen molar-refractivity contribution in [1.82, 2.24) is 29.8 Å². The Hall–Kier alpha value is -5.09. The van der Waals surface area contributed by atoms with E-state index in [2.05, 4.69) is 65.2 Å². The van der Waals surface area contributed by atoms with Crippen molar-refractivity contribution in [3.63, 3.8) is 0 Å². The highest BCUT2D eigenvalue weighted by Crippen LogP contribution is 2.40. The fraction of sp³-hybridized carbons (Fsp3) is 0.375. The van der Waals surface area contributed by atoms with Gasteiger partial charge in [0, 0.05) is 44.2 Å². The molecule has 2 amide bonds. The summed E-state index contributed by atoms with van der Waals surface area (Å²) < 4.78 is 13.7. The van der Waals surface area contributed by atoms with E-state index in [-0.39, 0.29) is 24.5 Å². The van der Waals surface area contributed by atoms with Gasteiger partial charge in [0.25, 0.3) is 0 Å². The van der Waals surface area contributed by atoms with E-state index in [1.165, 1.54) is 10.5 Å². The predicted octanol–water partition coefficient (Wildman–Crippen LogP) is 7.12. The minimum atomic E-state index is -0.611. The number of fused-ring (bicyclic) bond motifs is 2. The molecule has 4 heterocycles. The summed E-state index contributed by atoms with van der Waals surface area (Å²) in [5, 5.41) is 8.92. The fourth-order valence-electron chi connectivity index (χ4n) is 7.50. The molecule has 7 rings (SSSR count).